The van der Waals surface area contributed by atoms with E-state index in [0.717, 1.165) is 37.7 Å². The lowest BCUT2D eigenvalue weighted by atomic mass is 9.52. The van der Waals surface area contributed by atoms with Crippen molar-refractivity contribution in [3.63, 3.8) is 0 Å². The van der Waals surface area contributed by atoms with Crippen molar-refractivity contribution >= 4 is 6.09 Å². The predicted octanol–water partition coefficient (Wildman–Crippen LogP) is 5.39. The topological polar surface area (TPSA) is 71.5 Å². The summed E-state index contributed by atoms with van der Waals surface area (Å²) >= 11 is 0. The number of nitrogens with zero attached hydrogens (tertiary/aromatic N) is 1. The molecule has 2 aliphatic rings. The third-order valence-electron chi connectivity index (χ3n) is 8.09. The number of fused-ring (bicyclic) bond motifs is 3. The van der Waals surface area contributed by atoms with Crippen LogP contribution in [0.25, 0.3) is 0 Å². The second-order valence-corrected chi connectivity index (χ2v) is 10.4. The molecule has 5 rings (SSSR count). The number of pyridine rings is 1. The lowest BCUT2D eigenvalue weighted by Crippen LogP contribution is -2.50. The molecule has 0 aliphatic heterocycles. The Morgan fingerprint density at radius 2 is 1.92 bits per heavy atom. The molecule has 0 bridgehead atoms. The molecular formula is C32H34N2O3. The number of aryl methyl sites for hydroxylation is 1. The van der Waals surface area contributed by atoms with Crippen LogP contribution in [0.2, 0.25) is 0 Å². The number of aromatic nitrogens is 1. The first-order valence-electron chi connectivity index (χ1n) is 13.2. The van der Waals surface area contributed by atoms with Crippen molar-refractivity contribution in [2.24, 2.45) is 5.92 Å². The van der Waals surface area contributed by atoms with Gasteiger partial charge in [0.15, 0.2) is 0 Å². The normalized spacial score (nSPS) is 24.1. The number of rotatable bonds is 6. The fraction of sp³-hybridized carbons (Fsp3) is 0.375. The molecule has 3 aromatic rings. The van der Waals surface area contributed by atoms with Gasteiger partial charge in [-0.3, -0.25) is 4.98 Å². The summed E-state index contributed by atoms with van der Waals surface area (Å²) in [6.45, 7) is 2.30. The summed E-state index contributed by atoms with van der Waals surface area (Å²) in [6.07, 6.45) is 8.81. The van der Waals surface area contributed by atoms with E-state index >= 15 is 0 Å². The zero-order valence-electron chi connectivity index (χ0n) is 21.4. The van der Waals surface area contributed by atoms with Gasteiger partial charge in [-0.15, -0.1) is 5.92 Å². The van der Waals surface area contributed by atoms with Gasteiger partial charge >= 0.3 is 6.09 Å². The van der Waals surface area contributed by atoms with E-state index in [9.17, 15) is 9.90 Å². The first kappa shape index (κ1) is 25.0. The van der Waals surface area contributed by atoms with Crippen molar-refractivity contribution in [3.05, 3.63) is 95.3 Å². The molecule has 2 N–H and O–H groups in total. The van der Waals surface area contributed by atoms with E-state index in [4.69, 9.17) is 4.74 Å². The average Bonchev–Trinajstić information content (AvgIpc) is 2.90. The number of aliphatic hydroxyl groups is 1. The Morgan fingerprint density at radius 1 is 1.11 bits per heavy atom. The van der Waals surface area contributed by atoms with E-state index in [1.165, 1.54) is 16.7 Å². The van der Waals surface area contributed by atoms with Crippen LogP contribution in [0.3, 0.4) is 0 Å². The van der Waals surface area contributed by atoms with E-state index in [2.05, 4.69) is 58.5 Å². The molecule has 37 heavy (non-hydrogen) atoms. The molecule has 1 heterocycles. The largest absolute Gasteiger partial charge is 0.412 e. The van der Waals surface area contributed by atoms with E-state index < -0.39 is 11.7 Å². The zero-order valence-corrected chi connectivity index (χ0v) is 21.4. The van der Waals surface area contributed by atoms with Crippen molar-refractivity contribution in [1.29, 1.82) is 0 Å². The quantitative estimate of drug-likeness (QED) is 0.451. The van der Waals surface area contributed by atoms with Crippen molar-refractivity contribution in [1.82, 2.24) is 10.3 Å². The van der Waals surface area contributed by atoms with Crippen molar-refractivity contribution in [2.45, 2.75) is 62.9 Å². The third kappa shape index (κ3) is 5.55. The fourth-order valence-electron chi connectivity index (χ4n) is 6.36. The Hall–Kier alpha value is -3.62. The van der Waals surface area contributed by atoms with Crippen LogP contribution >= 0.6 is 0 Å². The van der Waals surface area contributed by atoms with E-state index in [1.54, 1.807) is 19.3 Å². The van der Waals surface area contributed by atoms with Crippen molar-refractivity contribution in [3.8, 4) is 17.6 Å². The SMILES string of the molecule is CC#C[C@@]1(O)CC[C@]2(Cc3ccccc3)c3ccc(OC(=O)NCCc4ccncc4)cc3CC[C@H]2C1. The highest BCUT2D eigenvalue weighted by Crippen LogP contribution is 2.54. The van der Waals surface area contributed by atoms with Gasteiger partial charge < -0.3 is 15.2 Å². The van der Waals surface area contributed by atoms with Crippen LogP contribution in [0.4, 0.5) is 4.79 Å². The van der Waals surface area contributed by atoms with Gasteiger partial charge in [0.05, 0.1) is 0 Å². The molecule has 190 valence electrons. The molecule has 1 aromatic heterocycles. The third-order valence-corrected chi connectivity index (χ3v) is 8.09. The van der Waals surface area contributed by atoms with Crippen LogP contribution in [-0.4, -0.2) is 28.3 Å². The zero-order chi connectivity index (χ0) is 25.7. The number of amides is 1. The van der Waals surface area contributed by atoms with Gasteiger partial charge in [0.25, 0.3) is 0 Å². The highest BCUT2D eigenvalue weighted by molar-refractivity contribution is 5.70. The summed E-state index contributed by atoms with van der Waals surface area (Å²) in [7, 11) is 0. The lowest BCUT2D eigenvalue weighted by molar-refractivity contribution is -0.00804. The molecule has 0 spiro atoms. The van der Waals surface area contributed by atoms with Crippen LogP contribution < -0.4 is 10.1 Å². The van der Waals surface area contributed by atoms with Gasteiger partial charge in [0.2, 0.25) is 0 Å². The Morgan fingerprint density at radius 3 is 2.70 bits per heavy atom. The van der Waals surface area contributed by atoms with Gasteiger partial charge in [-0.1, -0.05) is 42.3 Å². The molecule has 5 nitrogen and oxygen atoms in total. The van der Waals surface area contributed by atoms with Gasteiger partial charge in [-0.2, -0.15) is 0 Å². The fourth-order valence-corrected chi connectivity index (χ4v) is 6.36. The van der Waals surface area contributed by atoms with Gasteiger partial charge in [0.1, 0.15) is 11.4 Å². The Labute approximate surface area is 219 Å². The standard InChI is InChI=1S/C32H34N2O3/c1-2-15-31(36)16-17-32(22-25-6-4-3-5-7-25)27(23-31)9-8-26-21-28(10-11-29(26)32)37-30(35)34-20-14-24-12-18-33-19-13-24/h3-7,10-13,18-19,21,27,36H,8-9,14,16-17,20,22-23H2,1H3,(H,34,35)/t27-,31+,32+/m0/s1. The molecule has 0 saturated heterocycles. The summed E-state index contributed by atoms with van der Waals surface area (Å²) < 4.78 is 5.65. The number of carbonyl (C=O) groups is 1. The maximum atomic E-state index is 12.4. The van der Waals surface area contributed by atoms with Crippen molar-refractivity contribution < 1.29 is 14.6 Å². The molecule has 1 saturated carbocycles. The highest BCUT2D eigenvalue weighted by Gasteiger charge is 2.51. The molecule has 5 heteroatoms. The Bertz CT molecular complexity index is 1300. The molecule has 3 atom stereocenters. The minimum atomic E-state index is -0.908. The van der Waals surface area contributed by atoms with Crippen LogP contribution in [0.1, 0.15) is 54.9 Å². The monoisotopic (exact) mass is 494 g/mol. The Balaban J connectivity index is 1.34. The lowest BCUT2D eigenvalue weighted by Gasteiger charge is -2.52. The summed E-state index contributed by atoms with van der Waals surface area (Å²) in [5.74, 6) is 6.95. The van der Waals surface area contributed by atoms with E-state index in [1.807, 2.05) is 24.3 Å². The summed E-state index contributed by atoms with van der Waals surface area (Å²) in [6, 6.07) is 20.6. The second kappa shape index (κ2) is 10.8. The summed E-state index contributed by atoms with van der Waals surface area (Å²) in [5.41, 5.74) is 4.01. The van der Waals surface area contributed by atoms with Crippen LogP contribution in [0.5, 0.6) is 5.75 Å². The molecular weight excluding hydrogens is 460 g/mol. The van der Waals surface area contributed by atoms with Crippen LogP contribution in [0, 0.1) is 17.8 Å². The second-order valence-electron chi connectivity index (χ2n) is 10.4. The number of benzene rings is 2. The van der Waals surface area contributed by atoms with Gasteiger partial charge in [-0.25, -0.2) is 4.79 Å². The van der Waals surface area contributed by atoms with Crippen molar-refractivity contribution in [2.75, 3.05) is 6.54 Å². The number of carbonyl (C=O) groups excluding carboxylic acids is 1. The van der Waals surface area contributed by atoms with Gasteiger partial charge in [-0.05, 0) is 104 Å². The highest BCUT2D eigenvalue weighted by atomic mass is 16.6. The number of nitrogens with one attached hydrogen (secondary N) is 1. The van der Waals surface area contributed by atoms with E-state index in [-0.39, 0.29) is 5.41 Å². The minimum absolute atomic E-state index is 0.0675. The number of hydrogen-bond acceptors (Lipinski definition) is 4. The smallest absolute Gasteiger partial charge is 0.410 e. The van der Waals surface area contributed by atoms with Crippen LogP contribution in [0.15, 0.2) is 73.1 Å². The molecule has 2 aliphatic carbocycles. The first-order chi connectivity index (χ1) is 18.0. The Kier molecular flexibility index (Phi) is 7.30. The summed E-state index contributed by atoms with van der Waals surface area (Å²) in [5, 5.41) is 14.0. The average molecular weight is 495 g/mol. The van der Waals surface area contributed by atoms with E-state index in [0.29, 0.717) is 31.1 Å². The maximum absolute atomic E-state index is 12.4. The molecule has 0 unspecified atom stereocenters. The predicted molar refractivity (Wildman–Crippen MR) is 144 cm³/mol. The molecule has 1 fully saturated rings. The number of hydrogen-bond donors (Lipinski definition) is 2. The molecule has 2 aromatic carbocycles. The molecule has 0 radical (unpaired) electrons. The van der Waals surface area contributed by atoms with Crippen LogP contribution in [-0.2, 0) is 24.7 Å². The maximum Gasteiger partial charge on any atom is 0.412 e. The number of ether oxygens (including phenoxy) is 1. The first-order valence-corrected chi connectivity index (χ1v) is 13.2. The summed E-state index contributed by atoms with van der Waals surface area (Å²) in [4.78, 5) is 16.5. The van der Waals surface area contributed by atoms with Gasteiger partial charge in [0, 0.05) is 24.4 Å². The minimum Gasteiger partial charge on any atom is -0.410 e. The molecule has 1 amide bonds.